The molecule has 1 aromatic carbocycles. The highest BCUT2D eigenvalue weighted by Gasteiger charge is 2.27. The number of amides is 2. The number of anilines is 1. The van der Waals surface area contributed by atoms with E-state index >= 15 is 0 Å². The molecule has 2 aliphatic rings. The van der Waals surface area contributed by atoms with Crippen LogP contribution in [0.1, 0.15) is 42.5 Å². The van der Waals surface area contributed by atoms with Crippen LogP contribution in [0.5, 0.6) is 0 Å². The molecule has 0 spiro atoms. The molecular formula is C22H27N3O4S2. The third kappa shape index (κ3) is 5.16. The third-order valence-corrected chi connectivity index (χ3v) is 9.14. The van der Waals surface area contributed by atoms with Gasteiger partial charge in [-0.15, -0.1) is 11.3 Å². The van der Waals surface area contributed by atoms with Crippen LogP contribution in [0, 0.1) is 0 Å². The van der Waals surface area contributed by atoms with E-state index in [1.54, 1.807) is 21.3 Å². The predicted molar refractivity (Wildman–Crippen MR) is 121 cm³/mol. The van der Waals surface area contributed by atoms with Gasteiger partial charge in [-0.1, -0.05) is 18.6 Å². The topological polar surface area (TPSA) is 86.8 Å². The van der Waals surface area contributed by atoms with Crippen LogP contribution in [-0.4, -0.2) is 44.2 Å². The van der Waals surface area contributed by atoms with Crippen molar-refractivity contribution in [2.75, 3.05) is 24.5 Å². The van der Waals surface area contributed by atoms with Gasteiger partial charge in [0, 0.05) is 43.2 Å². The zero-order chi connectivity index (χ0) is 21.8. The Bertz CT molecular complexity index is 1040. The number of nitrogens with one attached hydrogen (secondary N) is 1. The number of carbonyl (C=O) groups is 2. The van der Waals surface area contributed by atoms with Gasteiger partial charge in [0.1, 0.15) is 4.21 Å². The SMILES string of the molecule is O=C(Cc1ccc(S(=O)(=O)N2CCCCC2)s1)NCc1ccc(N2CCCC2=O)cc1. The van der Waals surface area contributed by atoms with E-state index in [1.165, 1.54) is 11.3 Å². The predicted octanol–water partition coefficient (Wildman–Crippen LogP) is 2.91. The molecule has 2 amide bonds. The summed E-state index contributed by atoms with van der Waals surface area (Å²) in [5.41, 5.74) is 1.84. The van der Waals surface area contributed by atoms with Crippen LogP contribution in [0.3, 0.4) is 0 Å². The molecule has 7 nitrogen and oxygen atoms in total. The number of hydrogen-bond donors (Lipinski definition) is 1. The van der Waals surface area contributed by atoms with E-state index in [1.807, 2.05) is 24.3 Å². The molecular weight excluding hydrogens is 434 g/mol. The molecule has 166 valence electrons. The van der Waals surface area contributed by atoms with E-state index in [-0.39, 0.29) is 18.2 Å². The van der Waals surface area contributed by atoms with Gasteiger partial charge in [-0.2, -0.15) is 4.31 Å². The molecule has 0 aliphatic carbocycles. The largest absolute Gasteiger partial charge is 0.352 e. The highest BCUT2D eigenvalue weighted by Crippen LogP contribution is 2.27. The third-order valence-electron chi connectivity index (χ3n) is 5.69. The van der Waals surface area contributed by atoms with Crippen LogP contribution in [0.4, 0.5) is 5.69 Å². The van der Waals surface area contributed by atoms with Crippen LogP contribution in [0.25, 0.3) is 0 Å². The Labute approximate surface area is 187 Å². The summed E-state index contributed by atoms with van der Waals surface area (Å²) in [7, 11) is -3.46. The fraction of sp³-hybridized carbons (Fsp3) is 0.455. The van der Waals surface area contributed by atoms with E-state index < -0.39 is 10.0 Å². The van der Waals surface area contributed by atoms with Crippen LogP contribution >= 0.6 is 11.3 Å². The molecule has 0 radical (unpaired) electrons. The number of benzene rings is 1. The lowest BCUT2D eigenvalue weighted by molar-refractivity contribution is -0.120. The number of sulfonamides is 1. The minimum Gasteiger partial charge on any atom is -0.352 e. The van der Waals surface area contributed by atoms with Gasteiger partial charge in [0.2, 0.25) is 11.8 Å². The summed E-state index contributed by atoms with van der Waals surface area (Å²) in [5, 5.41) is 2.88. The molecule has 0 unspecified atom stereocenters. The second kappa shape index (κ2) is 9.50. The Morgan fingerprint density at radius 2 is 1.71 bits per heavy atom. The number of thiophene rings is 1. The van der Waals surface area contributed by atoms with Crippen LogP contribution in [0.2, 0.25) is 0 Å². The quantitative estimate of drug-likeness (QED) is 0.687. The lowest BCUT2D eigenvalue weighted by Crippen LogP contribution is -2.35. The molecule has 0 bridgehead atoms. The lowest BCUT2D eigenvalue weighted by atomic mass is 10.2. The first-order valence-corrected chi connectivity index (χ1v) is 12.9. The summed E-state index contributed by atoms with van der Waals surface area (Å²) in [6.45, 7) is 2.28. The van der Waals surface area contributed by atoms with Crippen LogP contribution in [-0.2, 0) is 32.6 Å². The minimum absolute atomic E-state index is 0.150. The van der Waals surface area contributed by atoms with Crippen molar-refractivity contribution in [2.24, 2.45) is 0 Å². The maximum Gasteiger partial charge on any atom is 0.252 e. The molecule has 9 heteroatoms. The highest BCUT2D eigenvalue weighted by atomic mass is 32.2. The lowest BCUT2D eigenvalue weighted by Gasteiger charge is -2.25. The zero-order valence-corrected chi connectivity index (χ0v) is 19.0. The van der Waals surface area contributed by atoms with Crippen molar-refractivity contribution in [3.63, 3.8) is 0 Å². The Balaban J connectivity index is 1.30. The Kier molecular flexibility index (Phi) is 6.74. The summed E-state index contributed by atoms with van der Waals surface area (Å²) in [6.07, 6.45) is 4.51. The summed E-state index contributed by atoms with van der Waals surface area (Å²) < 4.78 is 27.4. The van der Waals surface area contributed by atoms with E-state index in [2.05, 4.69) is 5.32 Å². The maximum atomic E-state index is 12.8. The molecule has 1 aromatic heterocycles. The molecule has 2 aromatic rings. The van der Waals surface area contributed by atoms with Crippen molar-refractivity contribution in [2.45, 2.75) is 49.3 Å². The molecule has 2 fully saturated rings. The van der Waals surface area contributed by atoms with Gasteiger partial charge in [0.05, 0.1) is 6.42 Å². The molecule has 4 rings (SSSR count). The Morgan fingerprint density at radius 3 is 2.39 bits per heavy atom. The maximum absolute atomic E-state index is 12.8. The number of hydrogen-bond acceptors (Lipinski definition) is 5. The van der Waals surface area contributed by atoms with Crippen molar-refractivity contribution in [3.8, 4) is 0 Å². The fourth-order valence-corrected chi connectivity index (χ4v) is 6.99. The molecule has 31 heavy (non-hydrogen) atoms. The van der Waals surface area contributed by atoms with E-state index in [0.29, 0.717) is 30.3 Å². The monoisotopic (exact) mass is 461 g/mol. The van der Waals surface area contributed by atoms with E-state index in [0.717, 1.165) is 48.4 Å². The van der Waals surface area contributed by atoms with Gasteiger partial charge < -0.3 is 10.2 Å². The van der Waals surface area contributed by atoms with Crippen molar-refractivity contribution in [3.05, 3.63) is 46.8 Å². The second-order valence-corrected chi connectivity index (χ2v) is 11.3. The normalized spacial score (nSPS) is 17.8. The van der Waals surface area contributed by atoms with Gasteiger partial charge in [0.25, 0.3) is 10.0 Å². The van der Waals surface area contributed by atoms with Crippen molar-refractivity contribution in [1.82, 2.24) is 9.62 Å². The molecule has 0 atom stereocenters. The smallest absolute Gasteiger partial charge is 0.252 e. The average Bonchev–Trinajstić information content (AvgIpc) is 3.43. The highest BCUT2D eigenvalue weighted by molar-refractivity contribution is 7.91. The number of piperidine rings is 1. The van der Waals surface area contributed by atoms with Gasteiger partial charge in [-0.05, 0) is 49.1 Å². The average molecular weight is 462 g/mol. The first-order chi connectivity index (χ1) is 14.9. The summed E-state index contributed by atoms with van der Waals surface area (Å²) >= 11 is 1.17. The second-order valence-electron chi connectivity index (χ2n) is 7.95. The number of nitrogens with zero attached hydrogens (tertiary/aromatic N) is 2. The van der Waals surface area contributed by atoms with Crippen molar-refractivity contribution in [1.29, 1.82) is 0 Å². The fourth-order valence-electron chi connectivity index (χ4n) is 3.96. The van der Waals surface area contributed by atoms with Gasteiger partial charge in [0.15, 0.2) is 0 Å². The Hall–Kier alpha value is -2.23. The Morgan fingerprint density at radius 1 is 0.968 bits per heavy atom. The van der Waals surface area contributed by atoms with Crippen LogP contribution in [0.15, 0.2) is 40.6 Å². The van der Waals surface area contributed by atoms with E-state index in [4.69, 9.17) is 0 Å². The molecule has 2 saturated heterocycles. The van der Waals surface area contributed by atoms with Crippen LogP contribution < -0.4 is 10.2 Å². The standard InChI is InChI=1S/C22H27N3O4S2/c26-20(23-16-17-6-8-18(9-7-17)25-14-4-5-21(25)27)15-19-10-11-22(30-19)31(28,29)24-12-2-1-3-13-24/h6-11H,1-5,12-16H2,(H,23,26). The molecule has 1 N–H and O–H groups in total. The minimum atomic E-state index is -3.46. The van der Waals surface area contributed by atoms with Gasteiger partial charge in [-0.25, -0.2) is 8.42 Å². The number of rotatable bonds is 7. The van der Waals surface area contributed by atoms with Crippen molar-refractivity contribution >= 4 is 38.9 Å². The summed E-state index contributed by atoms with van der Waals surface area (Å²) in [6, 6.07) is 11.0. The summed E-state index contributed by atoms with van der Waals surface area (Å²) in [4.78, 5) is 26.7. The molecule has 2 aliphatic heterocycles. The first kappa shape index (κ1) is 22.0. The number of carbonyl (C=O) groups excluding carboxylic acids is 2. The van der Waals surface area contributed by atoms with E-state index in [9.17, 15) is 18.0 Å². The van der Waals surface area contributed by atoms with Gasteiger partial charge >= 0.3 is 0 Å². The first-order valence-electron chi connectivity index (χ1n) is 10.7. The summed E-state index contributed by atoms with van der Waals surface area (Å²) in [5.74, 6) is 0.00115. The molecule has 0 saturated carbocycles. The van der Waals surface area contributed by atoms with Crippen molar-refractivity contribution < 1.29 is 18.0 Å². The molecule has 3 heterocycles. The zero-order valence-electron chi connectivity index (χ0n) is 17.4. The van der Waals surface area contributed by atoms with Gasteiger partial charge in [-0.3, -0.25) is 9.59 Å².